The Balaban J connectivity index is 2.08. The molecule has 3 nitrogen and oxygen atoms in total. The summed E-state index contributed by atoms with van der Waals surface area (Å²) in [6.45, 7) is 2.31. The van der Waals surface area contributed by atoms with E-state index in [-0.39, 0.29) is 12.6 Å². The minimum Gasteiger partial charge on any atom is -0.497 e. The summed E-state index contributed by atoms with van der Waals surface area (Å²) in [4.78, 5) is 0. The number of hydrogen-bond donors (Lipinski definition) is 2. The van der Waals surface area contributed by atoms with Gasteiger partial charge in [-0.25, -0.2) is 0 Å². The van der Waals surface area contributed by atoms with Gasteiger partial charge in [0.25, 0.3) is 0 Å². The predicted molar refractivity (Wildman–Crippen MR) is 72.8 cm³/mol. The number of aliphatic hydroxyl groups is 1. The smallest absolute Gasteiger partial charge is 0.118 e. The van der Waals surface area contributed by atoms with Crippen LogP contribution < -0.4 is 10.1 Å². The molecule has 2 rings (SSSR count). The fraction of sp³-hybridized carbons (Fsp3) is 0.600. The third-order valence-electron chi connectivity index (χ3n) is 3.70. The highest BCUT2D eigenvalue weighted by atomic mass is 16.5. The largest absolute Gasteiger partial charge is 0.497 e. The van der Waals surface area contributed by atoms with E-state index >= 15 is 0 Å². The van der Waals surface area contributed by atoms with E-state index < -0.39 is 0 Å². The molecule has 0 radical (unpaired) electrons. The van der Waals surface area contributed by atoms with E-state index in [2.05, 4.69) is 24.4 Å². The molecule has 1 aromatic carbocycles. The Morgan fingerprint density at radius 2 is 2.00 bits per heavy atom. The molecule has 0 saturated heterocycles. The molecule has 0 aromatic heterocycles. The maximum atomic E-state index is 9.32. The highest BCUT2D eigenvalue weighted by Crippen LogP contribution is 2.41. The molecule has 2 atom stereocenters. The van der Waals surface area contributed by atoms with E-state index in [1.54, 1.807) is 7.11 Å². The van der Waals surface area contributed by atoms with Crippen LogP contribution in [0.5, 0.6) is 5.75 Å². The van der Waals surface area contributed by atoms with Crippen LogP contribution >= 0.6 is 0 Å². The Labute approximate surface area is 109 Å². The van der Waals surface area contributed by atoms with E-state index in [9.17, 15) is 5.11 Å². The molecule has 0 heterocycles. The van der Waals surface area contributed by atoms with Crippen LogP contribution in [0, 0.1) is 5.92 Å². The van der Waals surface area contributed by atoms with Gasteiger partial charge in [-0.05, 0) is 42.9 Å². The van der Waals surface area contributed by atoms with Gasteiger partial charge in [-0.3, -0.25) is 0 Å². The molecule has 18 heavy (non-hydrogen) atoms. The van der Waals surface area contributed by atoms with Gasteiger partial charge < -0.3 is 15.2 Å². The summed E-state index contributed by atoms with van der Waals surface area (Å²) in [7, 11) is 1.69. The number of ether oxygens (including phenoxy) is 1. The minimum absolute atomic E-state index is 0.192. The summed E-state index contributed by atoms with van der Waals surface area (Å²) in [5, 5.41) is 12.9. The second-order valence-electron chi connectivity index (χ2n) is 5.04. The predicted octanol–water partition coefficient (Wildman–Crippen LogP) is 2.51. The van der Waals surface area contributed by atoms with Crippen LogP contribution in [-0.2, 0) is 0 Å². The van der Waals surface area contributed by atoms with Crippen molar-refractivity contribution in [2.24, 2.45) is 5.92 Å². The number of methoxy groups -OCH3 is 1. The highest BCUT2D eigenvalue weighted by Gasteiger charge is 2.33. The van der Waals surface area contributed by atoms with Crippen LogP contribution in [0.2, 0.25) is 0 Å². The van der Waals surface area contributed by atoms with Gasteiger partial charge in [0.15, 0.2) is 0 Å². The molecule has 1 saturated carbocycles. The van der Waals surface area contributed by atoms with E-state index in [0.29, 0.717) is 6.04 Å². The Bertz CT molecular complexity index is 355. The van der Waals surface area contributed by atoms with Crippen molar-refractivity contribution in [3.05, 3.63) is 29.8 Å². The van der Waals surface area contributed by atoms with Gasteiger partial charge in [0.05, 0.1) is 13.7 Å². The number of hydrogen-bond acceptors (Lipinski definition) is 3. The van der Waals surface area contributed by atoms with Gasteiger partial charge in [-0.15, -0.1) is 0 Å². The summed E-state index contributed by atoms with van der Waals surface area (Å²) in [5.41, 5.74) is 1.30. The molecule has 0 bridgehead atoms. The summed E-state index contributed by atoms with van der Waals surface area (Å²) in [6, 6.07) is 8.82. The topological polar surface area (TPSA) is 41.5 Å². The second kappa shape index (κ2) is 6.21. The number of nitrogens with one attached hydrogen (secondary N) is 1. The van der Waals surface area contributed by atoms with Crippen LogP contribution in [-0.4, -0.2) is 24.9 Å². The molecule has 1 aliphatic carbocycles. The van der Waals surface area contributed by atoms with E-state index in [0.717, 1.165) is 18.1 Å². The molecular formula is C15H23NO2. The van der Waals surface area contributed by atoms with E-state index in [1.165, 1.54) is 18.4 Å². The maximum Gasteiger partial charge on any atom is 0.118 e. The molecule has 1 fully saturated rings. The molecule has 0 aliphatic heterocycles. The summed E-state index contributed by atoms with van der Waals surface area (Å²) in [5.74, 6) is 1.61. The average molecular weight is 249 g/mol. The summed E-state index contributed by atoms with van der Waals surface area (Å²) in [6.07, 6.45) is 3.52. The standard InChI is InChI=1S/C15H23NO2/c1-3-13(10-17)16-15(11-4-5-11)12-6-8-14(18-2)9-7-12/h6-9,11,13,15-17H,3-5,10H2,1-2H3/t13-,15?/m0/s1. The van der Waals surface area contributed by atoms with E-state index in [1.807, 2.05) is 12.1 Å². The Hall–Kier alpha value is -1.06. The van der Waals surface area contributed by atoms with Crippen molar-refractivity contribution in [1.82, 2.24) is 5.32 Å². The lowest BCUT2D eigenvalue weighted by molar-refractivity contribution is 0.223. The van der Waals surface area contributed by atoms with Crippen molar-refractivity contribution in [1.29, 1.82) is 0 Å². The number of rotatable bonds is 7. The van der Waals surface area contributed by atoms with Crippen LogP contribution in [0.1, 0.15) is 37.8 Å². The van der Waals surface area contributed by atoms with Gasteiger partial charge in [0.1, 0.15) is 5.75 Å². The average Bonchev–Trinajstić information content (AvgIpc) is 3.25. The molecule has 0 amide bonds. The normalized spacial score (nSPS) is 18.4. The van der Waals surface area contributed by atoms with Gasteiger partial charge in [-0.1, -0.05) is 19.1 Å². The Morgan fingerprint density at radius 1 is 1.33 bits per heavy atom. The molecular weight excluding hydrogens is 226 g/mol. The van der Waals surface area contributed by atoms with Crippen LogP contribution in [0.25, 0.3) is 0 Å². The van der Waals surface area contributed by atoms with Gasteiger partial charge >= 0.3 is 0 Å². The Morgan fingerprint density at radius 3 is 2.44 bits per heavy atom. The highest BCUT2D eigenvalue weighted by molar-refractivity contribution is 5.30. The maximum absolute atomic E-state index is 9.32. The van der Waals surface area contributed by atoms with Crippen molar-refractivity contribution in [3.63, 3.8) is 0 Å². The van der Waals surface area contributed by atoms with Crippen LogP contribution in [0.3, 0.4) is 0 Å². The van der Waals surface area contributed by atoms with Gasteiger partial charge in [0.2, 0.25) is 0 Å². The zero-order valence-electron chi connectivity index (χ0n) is 11.2. The quantitative estimate of drug-likeness (QED) is 0.780. The molecule has 2 N–H and O–H groups in total. The molecule has 3 heteroatoms. The van der Waals surface area contributed by atoms with Gasteiger partial charge in [0, 0.05) is 12.1 Å². The molecule has 0 spiro atoms. The molecule has 1 unspecified atom stereocenters. The van der Waals surface area contributed by atoms with Crippen molar-refractivity contribution < 1.29 is 9.84 Å². The zero-order chi connectivity index (χ0) is 13.0. The lowest BCUT2D eigenvalue weighted by Crippen LogP contribution is -2.36. The Kier molecular flexibility index (Phi) is 4.61. The van der Waals surface area contributed by atoms with Crippen molar-refractivity contribution in [3.8, 4) is 5.75 Å². The molecule has 100 valence electrons. The van der Waals surface area contributed by atoms with Gasteiger partial charge in [-0.2, -0.15) is 0 Å². The summed E-state index contributed by atoms with van der Waals surface area (Å²) >= 11 is 0. The monoisotopic (exact) mass is 249 g/mol. The third kappa shape index (κ3) is 3.24. The number of benzene rings is 1. The third-order valence-corrected chi connectivity index (χ3v) is 3.70. The first-order valence-electron chi connectivity index (χ1n) is 6.79. The van der Waals surface area contributed by atoms with E-state index in [4.69, 9.17) is 4.74 Å². The molecule has 1 aromatic rings. The van der Waals surface area contributed by atoms with Crippen molar-refractivity contribution in [2.45, 2.75) is 38.3 Å². The van der Waals surface area contributed by atoms with Crippen LogP contribution in [0.4, 0.5) is 0 Å². The van der Waals surface area contributed by atoms with Crippen LogP contribution in [0.15, 0.2) is 24.3 Å². The number of aliphatic hydroxyl groups excluding tert-OH is 1. The zero-order valence-corrected chi connectivity index (χ0v) is 11.2. The fourth-order valence-corrected chi connectivity index (χ4v) is 2.30. The van der Waals surface area contributed by atoms with Crippen molar-refractivity contribution in [2.75, 3.05) is 13.7 Å². The lowest BCUT2D eigenvalue weighted by atomic mass is 10.0. The first-order valence-corrected chi connectivity index (χ1v) is 6.79. The van der Waals surface area contributed by atoms with Crippen molar-refractivity contribution >= 4 is 0 Å². The second-order valence-corrected chi connectivity index (χ2v) is 5.04. The fourth-order valence-electron chi connectivity index (χ4n) is 2.30. The minimum atomic E-state index is 0.192. The molecule has 1 aliphatic rings. The first-order chi connectivity index (χ1) is 8.78. The SMILES string of the molecule is CC[C@@H](CO)NC(c1ccc(OC)cc1)C1CC1. The first kappa shape index (κ1) is 13.4. The summed E-state index contributed by atoms with van der Waals surface area (Å²) < 4.78 is 5.19. The lowest BCUT2D eigenvalue weighted by Gasteiger charge is -2.24.